The lowest BCUT2D eigenvalue weighted by Gasteiger charge is -2.26. The molecule has 0 radical (unpaired) electrons. The summed E-state index contributed by atoms with van der Waals surface area (Å²) in [5.74, 6) is -0.182. The van der Waals surface area contributed by atoms with Crippen LogP contribution in [0.3, 0.4) is 0 Å². The Bertz CT molecular complexity index is 462. The molecule has 1 aromatic rings. The third kappa shape index (κ3) is 2.86. The van der Waals surface area contributed by atoms with Crippen LogP contribution in [0.15, 0.2) is 6.20 Å². The van der Waals surface area contributed by atoms with Crippen LogP contribution in [0.2, 0.25) is 0 Å². The predicted molar refractivity (Wildman–Crippen MR) is 74.9 cm³/mol. The molecule has 2 saturated heterocycles. The highest BCUT2D eigenvalue weighted by molar-refractivity contribution is 7.99. The molecule has 0 aromatic carbocycles. The molecule has 2 atom stereocenters. The zero-order chi connectivity index (χ0) is 13.2. The number of hydrogen-bond donors (Lipinski definition) is 2. The number of aliphatic carboxylic acids is 1. The van der Waals surface area contributed by atoms with E-state index in [1.807, 2.05) is 6.20 Å². The lowest BCUT2D eigenvalue weighted by atomic mass is 10.3. The fourth-order valence-corrected chi connectivity index (χ4v) is 4.44. The number of aromatic nitrogens is 1. The summed E-state index contributed by atoms with van der Waals surface area (Å²) in [6.07, 6.45) is 1.85. The van der Waals surface area contributed by atoms with Gasteiger partial charge in [0.15, 0.2) is 5.13 Å². The van der Waals surface area contributed by atoms with Crippen LogP contribution in [0.4, 0.5) is 5.13 Å². The molecule has 8 heteroatoms. The average Bonchev–Trinajstić information content (AvgIpc) is 3.09. The standard InChI is InChI=1S/C11H15N3O3S2/c15-10(16)7-6-18-9(13-7)8-5-12-11(19-8)14-1-3-17-4-2-14/h5,7,9,13H,1-4,6H2,(H,15,16). The molecule has 0 bridgehead atoms. The first-order valence-electron chi connectivity index (χ1n) is 6.13. The number of carboxylic acids is 1. The second-order valence-electron chi connectivity index (χ2n) is 4.42. The van der Waals surface area contributed by atoms with Crippen LogP contribution in [-0.2, 0) is 9.53 Å². The van der Waals surface area contributed by atoms with Gasteiger partial charge in [0.25, 0.3) is 0 Å². The maximum absolute atomic E-state index is 10.9. The Morgan fingerprint density at radius 3 is 3.00 bits per heavy atom. The van der Waals surface area contributed by atoms with Gasteiger partial charge >= 0.3 is 5.97 Å². The number of nitrogens with one attached hydrogen (secondary N) is 1. The maximum Gasteiger partial charge on any atom is 0.321 e. The van der Waals surface area contributed by atoms with Crippen molar-refractivity contribution < 1.29 is 14.6 Å². The second kappa shape index (κ2) is 5.66. The van der Waals surface area contributed by atoms with E-state index in [4.69, 9.17) is 9.84 Å². The van der Waals surface area contributed by atoms with Gasteiger partial charge in [0, 0.05) is 25.0 Å². The van der Waals surface area contributed by atoms with Gasteiger partial charge in [0.05, 0.1) is 23.5 Å². The smallest absolute Gasteiger partial charge is 0.321 e. The number of thioether (sulfide) groups is 1. The molecule has 0 amide bonds. The first-order chi connectivity index (χ1) is 9.24. The van der Waals surface area contributed by atoms with Crippen LogP contribution >= 0.6 is 23.1 Å². The normalized spacial score (nSPS) is 27.7. The number of ether oxygens (including phenoxy) is 1. The molecular formula is C11H15N3O3S2. The first kappa shape index (κ1) is 13.2. The number of carbonyl (C=O) groups is 1. The van der Waals surface area contributed by atoms with E-state index < -0.39 is 12.0 Å². The van der Waals surface area contributed by atoms with E-state index in [0.29, 0.717) is 5.75 Å². The van der Waals surface area contributed by atoms with Gasteiger partial charge in [-0.2, -0.15) is 0 Å². The van der Waals surface area contributed by atoms with Crippen molar-refractivity contribution in [2.45, 2.75) is 11.4 Å². The van der Waals surface area contributed by atoms with E-state index in [1.54, 1.807) is 23.1 Å². The van der Waals surface area contributed by atoms with Crippen LogP contribution in [0.5, 0.6) is 0 Å². The number of carboxylic acid groups (broad SMARTS) is 1. The number of morpholine rings is 1. The summed E-state index contributed by atoms with van der Waals surface area (Å²) in [6.45, 7) is 3.23. The van der Waals surface area contributed by atoms with E-state index in [9.17, 15) is 4.79 Å². The monoisotopic (exact) mass is 301 g/mol. The third-order valence-electron chi connectivity index (χ3n) is 3.13. The van der Waals surface area contributed by atoms with Crippen LogP contribution in [-0.4, -0.2) is 54.2 Å². The van der Waals surface area contributed by atoms with Crippen molar-refractivity contribution in [3.63, 3.8) is 0 Å². The molecule has 2 aliphatic rings. The summed E-state index contributed by atoms with van der Waals surface area (Å²) in [5.41, 5.74) is 0. The lowest BCUT2D eigenvalue weighted by Crippen LogP contribution is -2.36. The topological polar surface area (TPSA) is 74.7 Å². The quantitative estimate of drug-likeness (QED) is 0.854. The van der Waals surface area contributed by atoms with Crippen molar-refractivity contribution in [1.29, 1.82) is 0 Å². The van der Waals surface area contributed by atoms with Crippen molar-refractivity contribution in [2.24, 2.45) is 0 Å². The summed E-state index contributed by atoms with van der Waals surface area (Å²) in [6, 6.07) is -0.455. The third-order valence-corrected chi connectivity index (χ3v) is 5.65. The molecule has 6 nitrogen and oxygen atoms in total. The first-order valence-corrected chi connectivity index (χ1v) is 7.99. The van der Waals surface area contributed by atoms with Gasteiger partial charge in [-0.15, -0.1) is 11.8 Å². The van der Waals surface area contributed by atoms with Crippen molar-refractivity contribution >= 4 is 34.2 Å². The Balaban J connectivity index is 1.66. The van der Waals surface area contributed by atoms with Crippen LogP contribution < -0.4 is 10.2 Å². The Morgan fingerprint density at radius 2 is 2.32 bits per heavy atom. The molecule has 2 fully saturated rings. The maximum atomic E-state index is 10.9. The van der Waals surface area contributed by atoms with Gasteiger partial charge in [-0.1, -0.05) is 11.3 Å². The van der Waals surface area contributed by atoms with Crippen LogP contribution in [0, 0.1) is 0 Å². The zero-order valence-corrected chi connectivity index (χ0v) is 11.9. The molecular weight excluding hydrogens is 286 g/mol. The van der Waals surface area contributed by atoms with Crippen LogP contribution in [0.1, 0.15) is 10.3 Å². The minimum Gasteiger partial charge on any atom is -0.480 e. The Morgan fingerprint density at radius 1 is 1.53 bits per heavy atom. The number of thiazole rings is 1. The summed E-state index contributed by atoms with van der Waals surface area (Å²) in [7, 11) is 0. The van der Waals surface area contributed by atoms with Crippen LogP contribution in [0.25, 0.3) is 0 Å². The fourth-order valence-electron chi connectivity index (χ4n) is 2.08. The minimum absolute atomic E-state index is 0.0494. The molecule has 104 valence electrons. The molecule has 3 rings (SSSR count). The lowest BCUT2D eigenvalue weighted by molar-refractivity contribution is -0.138. The van der Waals surface area contributed by atoms with E-state index in [2.05, 4.69) is 15.2 Å². The Kier molecular flexibility index (Phi) is 3.92. The summed E-state index contributed by atoms with van der Waals surface area (Å²) in [5, 5.41) is 13.1. The summed E-state index contributed by atoms with van der Waals surface area (Å²) >= 11 is 3.26. The van der Waals surface area contributed by atoms with Crippen molar-refractivity contribution in [3.05, 3.63) is 11.1 Å². The summed E-state index contributed by atoms with van der Waals surface area (Å²) < 4.78 is 5.32. The van der Waals surface area contributed by atoms with Crippen molar-refractivity contribution in [1.82, 2.24) is 10.3 Å². The van der Waals surface area contributed by atoms with Gasteiger partial charge in [-0.3, -0.25) is 10.1 Å². The van der Waals surface area contributed by atoms with Crippen molar-refractivity contribution in [3.8, 4) is 0 Å². The highest BCUT2D eigenvalue weighted by Crippen LogP contribution is 2.37. The molecule has 2 unspecified atom stereocenters. The predicted octanol–water partition coefficient (Wildman–Crippen LogP) is 0.768. The Hall–Kier alpha value is -0.830. The van der Waals surface area contributed by atoms with E-state index in [1.165, 1.54) is 0 Å². The molecule has 0 saturated carbocycles. The molecule has 3 heterocycles. The molecule has 0 aliphatic carbocycles. The van der Waals surface area contributed by atoms with Gasteiger partial charge in [0.1, 0.15) is 6.04 Å². The zero-order valence-electron chi connectivity index (χ0n) is 10.2. The van der Waals surface area contributed by atoms with E-state index >= 15 is 0 Å². The number of anilines is 1. The highest BCUT2D eigenvalue weighted by atomic mass is 32.2. The number of rotatable bonds is 3. The molecule has 2 aliphatic heterocycles. The highest BCUT2D eigenvalue weighted by Gasteiger charge is 2.31. The SMILES string of the molecule is O=C(O)C1CSC(c2cnc(N3CCOCC3)s2)N1. The molecule has 0 spiro atoms. The van der Waals surface area contributed by atoms with Gasteiger partial charge < -0.3 is 14.7 Å². The van der Waals surface area contributed by atoms with Gasteiger partial charge in [0.2, 0.25) is 0 Å². The molecule has 2 N–H and O–H groups in total. The fraction of sp³-hybridized carbons (Fsp3) is 0.636. The van der Waals surface area contributed by atoms with Crippen molar-refractivity contribution in [2.75, 3.05) is 37.0 Å². The molecule has 1 aromatic heterocycles. The minimum atomic E-state index is -0.784. The number of nitrogens with zero attached hydrogens (tertiary/aromatic N) is 2. The van der Waals surface area contributed by atoms with E-state index in [-0.39, 0.29) is 5.37 Å². The van der Waals surface area contributed by atoms with E-state index in [0.717, 1.165) is 36.3 Å². The van der Waals surface area contributed by atoms with Gasteiger partial charge in [-0.05, 0) is 0 Å². The Labute approximate surface area is 119 Å². The largest absolute Gasteiger partial charge is 0.480 e. The average molecular weight is 301 g/mol. The second-order valence-corrected chi connectivity index (χ2v) is 6.59. The van der Waals surface area contributed by atoms with Gasteiger partial charge in [-0.25, -0.2) is 4.98 Å². The molecule has 19 heavy (non-hydrogen) atoms. The summed E-state index contributed by atoms with van der Waals surface area (Å²) in [4.78, 5) is 18.7. The number of hydrogen-bond acceptors (Lipinski definition) is 7.